The van der Waals surface area contributed by atoms with Gasteiger partial charge in [-0.1, -0.05) is 23.7 Å². The third kappa shape index (κ3) is 4.53. The summed E-state index contributed by atoms with van der Waals surface area (Å²) in [5, 5.41) is 9.54. The van der Waals surface area contributed by atoms with Crippen LogP contribution < -0.4 is 4.74 Å². The molecule has 0 atom stereocenters. The summed E-state index contributed by atoms with van der Waals surface area (Å²) in [6.45, 7) is 2.40. The minimum atomic E-state index is 0.503. The van der Waals surface area contributed by atoms with Crippen LogP contribution in [0.2, 0.25) is 5.02 Å². The van der Waals surface area contributed by atoms with Crippen molar-refractivity contribution in [1.29, 1.82) is 5.26 Å². The van der Waals surface area contributed by atoms with E-state index in [9.17, 15) is 0 Å². The zero-order chi connectivity index (χ0) is 20.9. The topological polar surface area (TPSA) is 87.7 Å². The Kier molecular flexibility index (Phi) is 5.82. The Morgan fingerprint density at radius 1 is 1.13 bits per heavy atom. The Morgan fingerprint density at radius 3 is 2.57 bits per heavy atom. The summed E-state index contributed by atoms with van der Waals surface area (Å²) in [7, 11) is 0. The second kappa shape index (κ2) is 8.85. The largest absolute Gasteiger partial charge is 0.494 e. The van der Waals surface area contributed by atoms with Crippen molar-refractivity contribution in [2.75, 3.05) is 6.61 Å². The third-order valence-electron chi connectivity index (χ3n) is 4.55. The van der Waals surface area contributed by atoms with Gasteiger partial charge >= 0.3 is 0 Å². The Hall–Kier alpha value is -3.56. The molecule has 0 saturated carbocycles. The molecule has 0 amide bonds. The molecular formula is C23H19ClN4O2. The van der Waals surface area contributed by atoms with Crippen molar-refractivity contribution in [1.82, 2.24) is 15.0 Å². The first kappa shape index (κ1) is 19.7. The maximum absolute atomic E-state index is 8.87. The van der Waals surface area contributed by atoms with E-state index in [-0.39, 0.29) is 0 Å². The van der Waals surface area contributed by atoms with Crippen molar-refractivity contribution in [3.63, 3.8) is 0 Å². The van der Waals surface area contributed by atoms with E-state index in [0.717, 1.165) is 40.7 Å². The molecule has 1 N–H and O–H groups in total. The van der Waals surface area contributed by atoms with Gasteiger partial charge in [0.2, 0.25) is 5.89 Å². The van der Waals surface area contributed by atoms with Crippen LogP contribution in [0.4, 0.5) is 0 Å². The molecule has 0 saturated heterocycles. The highest BCUT2D eigenvalue weighted by Crippen LogP contribution is 2.30. The number of hydrogen-bond donors (Lipinski definition) is 1. The molecule has 150 valence electrons. The number of aromatic amines is 1. The van der Waals surface area contributed by atoms with Crippen molar-refractivity contribution in [3.8, 4) is 34.7 Å². The van der Waals surface area contributed by atoms with Crippen LogP contribution in [0.15, 0.2) is 59.1 Å². The smallest absolute Gasteiger partial charge is 0.245 e. The SMILES string of the molecule is Cc1ncc(-c2nc(-c3ccc(Cl)cc3)c(CCCOc3ccc(C#N)cc3)o2)[nH]1. The minimum absolute atomic E-state index is 0.503. The second-order valence-electron chi connectivity index (χ2n) is 6.77. The molecule has 0 bridgehead atoms. The zero-order valence-electron chi connectivity index (χ0n) is 16.4. The maximum atomic E-state index is 8.87. The van der Waals surface area contributed by atoms with Crippen LogP contribution in [-0.4, -0.2) is 21.6 Å². The number of rotatable bonds is 7. The third-order valence-corrected chi connectivity index (χ3v) is 4.80. The summed E-state index contributed by atoms with van der Waals surface area (Å²) in [5.74, 6) is 2.82. The van der Waals surface area contributed by atoms with Gasteiger partial charge in [-0.2, -0.15) is 5.26 Å². The predicted molar refractivity (Wildman–Crippen MR) is 114 cm³/mol. The van der Waals surface area contributed by atoms with E-state index in [0.29, 0.717) is 29.5 Å². The van der Waals surface area contributed by atoms with Gasteiger partial charge in [0.05, 0.1) is 24.4 Å². The minimum Gasteiger partial charge on any atom is -0.494 e. The first-order valence-corrected chi connectivity index (χ1v) is 9.91. The zero-order valence-corrected chi connectivity index (χ0v) is 17.1. The summed E-state index contributed by atoms with van der Waals surface area (Å²) in [5.41, 5.74) is 3.07. The number of oxazole rings is 1. The van der Waals surface area contributed by atoms with E-state index in [2.05, 4.69) is 16.0 Å². The van der Waals surface area contributed by atoms with Crippen molar-refractivity contribution in [2.45, 2.75) is 19.8 Å². The van der Waals surface area contributed by atoms with Gasteiger partial charge in [-0.15, -0.1) is 0 Å². The fourth-order valence-corrected chi connectivity index (χ4v) is 3.17. The number of halogens is 1. The Labute approximate surface area is 179 Å². The quantitative estimate of drug-likeness (QED) is 0.396. The van der Waals surface area contributed by atoms with Crippen molar-refractivity contribution in [2.24, 2.45) is 0 Å². The highest BCUT2D eigenvalue weighted by molar-refractivity contribution is 6.30. The van der Waals surface area contributed by atoms with Gasteiger partial charge in [-0.05, 0) is 49.7 Å². The summed E-state index contributed by atoms with van der Waals surface area (Å²) >= 11 is 6.03. The molecule has 6 nitrogen and oxygen atoms in total. The van der Waals surface area contributed by atoms with E-state index in [1.807, 2.05) is 31.2 Å². The van der Waals surface area contributed by atoms with Crippen LogP contribution in [0.25, 0.3) is 22.8 Å². The van der Waals surface area contributed by atoms with Crippen molar-refractivity contribution < 1.29 is 9.15 Å². The first-order chi connectivity index (χ1) is 14.6. The van der Waals surface area contributed by atoms with E-state index in [1.54, 1.807) is 30.5 Å². The fraction of sp³-hybridized carbons (Fsp3) is 0.174. The molecule has 0 aliphatic rings. The van der Waals surface area contributed by atoms with Gasteiger partial charge in [0, 0.05) is 17.0 Å². The molecule has 2 aromatic heterocycles. The Balaban J connectivity index is 1.49. The number of aryl methyl sites for hydroxylation is 2. The van der Waals surface area contributed by atoms with Crippen molar-refractivity contribution >= 4 is 11.6 Å². The van der Waals surface area contributed by atoms with Crippen LogP contribution in [0.1, 0.15) is 23.6 Å². The van der Waals surface area contributed by atoms with E-state index in [1.165, 1.54) is 0 Å². The highest BCUT2D eigenvalue weighted by Gasteiger charge is 2.17. The average Bonchev–Trinajstić information content (AvgIpc) is 3.38. The molecule has 4 rings (SSSR count). The molecule has 0 unspecified atom stereocenters. The summed E-state index contributed by atoms with van der Waals surface area (Å²) in [6.07, 6.45) is 3.12. The molecule has 4 aromatic rings. The van der Waals surface area contributed by atoms with Crippen LogP contribution in [-0.2, 0) is 6.42 Å². The molecule has 2 heterocycles. The Bertz CT molecular complexity index is 1170. The molecule has 7 heteroatoms. The lowest BCUT2D eigenvalue weighted by molar-refractivity contribution is 0.306. The Morgan fingerprint density at radius 2 is 1.90 bits per heavy atom. The number of H-pyrrole nitrogens is 1. The predicted octanol–water partition coefficient (Wildman–Crippen LogP) is 5.58. The lowest BCUT2D eigenvalue weighted by Gasteiger charge is -2.06. The number of nitriles is 1. The van der Waals surface area contributed by atoms with Crippen molar-refractivity contribution in [3.05, 3.63) is 76.9 Å². The average molecular weight is 419 g/mol. The van der Waals surface area contributed by atoms with Crippen LogP contribution in [0.5, 0.6) is 5.75 Å². The van der Waals surface area contributed by atoms with Gasteiger partial charge in [0.1, 0.15) is 28.7 Å². The van der Waals surface area contributed by atoms with E-state index < -0.39 is 0 Å². The van der Waals surface area contributed by atoms with Gasteiger partial charge in [0.25, 0.3) is 0 Å². The van der Waals surface area contributed by atoms with Gasteiger partial charge in [-0.25, -0.2) is 9.97 Å². The maximum Gasteiger partial charge on any atom is 0.245 e. The second-order valence-corrected chi connectivity index (χ2v) is 7.20. The standard InChI is InChI=1S/C23H19ClN4O2/c1-15-26-14-20(27-15)23-28-22(17-6-8-18(24)9-7-17)21(30-23)3-2-12-29-19-10-4-16(13-25)5-11-19/h4-11,14H,2-3,12H2,1H3,(H,26,27). The molecular weight excluding hydrogens is 400 g/mol. The lowest BCUT2D eigenvalue weighted by Crippen LogP contribution is -1.99. The van der Waals surface area contributed by atoms with Gasteiger partial charge in [0.15, 0.2) is 0 Å². The monoisotopic (exact) mass is 418 g/mol. The number of nitrogens with one attached hydrogen (secondary N) is 1. The molecule has 30 heavy (non-hydrogen) atoms. The molecule has 0 radical (unpaired) electrons. The lowest BCUT2D eigenvalue weighted by atomic mass is 10.1. The number of aromatic nitrogens is 3. The van der Waals surface area contributed by atoms with Gasteiger partial charge < -0.3 is 14.1 Å². The molecule has 0 aliphatic carbocycles. The molecule has 0 fully saturated rings. The first-order valence-electron chi connectivity index (χ1n) is 9.53. The highest BCUT2D eigenvalue weighted by atomic mass is 35.5. The fourth-order valence-electron chi connectivity index (χ4n) is 3.05. The number of ether oxygens (including phenoxy) is 1. The number of imidazole rings is 1. The van der Waals surface area contributed by atoms with Gasteiger partial charge in [-0.3, -0.25) is 0 Å². The van der Waals surface area contributed by atoms with Crippen LogP contribution in [0, 0.1) is 18.3 Å². The normalized spacial score (nSPS) is 10.7. The van der Waals surface area contributed by atoms with Crippen LogP contribution in [0.3, 0.4) is 0 Å². The number of benzene rings is 2. The number of nitrogens with zero attached hydrogens (tertiary/aromatic N) is 3. The molecule has 0 aliphatic heterocycles. The molecule has 2 aromatic carbocycles. The van der Waals surface area contributed by atoms with E-state index in [4.69, 9.17) is 31.0 Å². The summed E-state index contributed by atoms with van der Waals surface area (Å²) in [6, 6.07) is 16.7. The molecule has 0 spiro atoms. The van der Waals surface area contributed by atoms with E-state index >= 15 is 0 Å². The number of hydrogen-bond acceptors (Lipinski definition) is 5. The summed E-state index contributed by atoms with van der Waals surface area (Å²) in [4.78, 5) is 12.1. The summed E-state index contributed by atoms with van der Waals surface area (Å²) < 4.78 is 11.9. The van der Waals surface area contributed by atoms with Crippen LogP contribution >= 0.6 is 11.6 Å².